The van der Waals surface area contributed by atoms with Gasteiger partial charge in [0.2, 0.25) is 10.0 Å². The fourth-order valence-corrected chi connectivity index (χ4v) is 4.13. The smallest absolute Gasteiger partial charge is 0.306 e. The second-order valence-corrected chi connectivity index (χ2v) is 8.81. The Labute approximate surface area is 178 Å². The largest absolute Gasteiger partial charge is 0.486 e. The zero-order valence-electron chi connectivity index (χ0n) is 15.3. The van der Waals surface area contributed by atoms with Gasteiger partial charge in [-0.05, 0) is 30.7 Å². The van der Waals surface area contributed by atoms with E-state index < -0.39 is 16.0 Å². The van der Waals surface area contributed by atoms with Crippen LogP contribution in [0.15, 0.2) is 41.3 Å². The van der Waals surface area contributed by atoms with Gasteiger partial charge in [0.1, 0.15) is 19.8 Å². The van der Waals surface area contributed by atoms with Crippen LogP contribution < -0.4 is 14.2 Å². The Hall–Kier alpha value is -2.00. The highest BCUT2D eigenvalue weighted by molar-refractivity contribution is 7.89. The van der Waals surface area contributed by atoms with Gasteiger partial charge < -0.3 is 14.2 Å². The van der Waals surface area contributed by atoms with Gasteiger partial charge in [-0.1, -0.05) is 29.3 Å². The van der Waals surface area contributed by atoms with Gasteiger partial charge in [-0.2, -0.15) is 0 Å². The van der Waals surface area contributed by atoms with Crippen molar-refractivity contribution in [3.63, 3.8) is 0 Å². The van der Waals surface area contributed by atoms with Gasteiger partial charge in [-0.25, -0.2) is 13.1 Å². The molecule has 29 heavy (non-hydrogen) atoms. The predicted octanol–water partition coefficient (Wildman–Crippen LogP) is 3.57. The van der Waals surface area contributed by atoms with Crippen molar-refractivity contribution in [3.8, 4) is 11.5 Å². The van der Waals surface area contributed by atoms with E-state index in [0.29, 0.717) is 40.3 Å². The molecule has 10 heteroatoms. The summed E-state index contributed by atoms with van der Waals surface area (Å²) in [5, 5.41) is 0.910. The molecule has 3 rings (SSSR count). The molecule has 0 aromatic heterocycles. The quantitative estimate of drug-likeness (QED) is 0.479. The molecule has 0 radical (unpaired) electrons. The van der Waals surface area contributed by atoms with Crippen LogP contribution in [0.2, 0.25) is 10.0 Å². The zero-order chi connectivity index (χ0) is 20.9. The third-order valence-corrected chi connectivity index (χ3v) is 6.12. The van der Waals surface area contributed by atoms with E-state index in [2.05, 4.69) is 4.72 Å². The molecule has 1 heterocycles. The van der Waals surface area contributed by atoms with Gasteiger partial charge in [-0.3, -0.25) is 4.79 Å². The Morgan fingerprint density at radius 2 is 1.83 bits per heavy atom. The number of carbonyl (C=O) groups excluding carboxylic acids is 1. The molecule has 0 unspecified atom stereocenters. The molecule has 156 valence electrons. The lowest BCUT2D eigenvalue weighted by Crippen LogP contribution is -2.25. The number of fused-ring (bicyclic) bond motifs is 1. The molecular weight excluding hydrogens is 441 g/mol. The Bertz CT molecular complexity index is 996. The van der Waals surface area contributed by atoms with Gasteiger partial charge in [0.05, 0.1) is 4.90 Å². The van der Waals surface area contributed by atoms with Gasteiger partial charge in [0.25, 0.3) is 0 Å². The van der Waals surface area contributed by atoms with Crippen molar-refractivity contribution >= 4 is 39.2 Å². The average molecular weight is 460 g/mol. The van der Waals surface area contributed by atoms with Crippen LogP contribution >= 0.6 is 23.2 Å². The second-order valence-electron chi connectivity index (χ2n) is 6.20. The minimum Gasteiger partial charge on any atom is -0.486 e. The van der Waals surface area contributed by atoms with Crippen LogP contribution in [0, 0.1) is 0 Å². The van der Waals surface area contributed by atoms with Crippen molar-refractivity contribution in [2.45, 2.75) is 24.3 Å². The second kappa shape index (κ2) is 9.67. The number of hydrogen-bond acceptors (Lipinski definition) is 6. The fourth-order valence-electron chi connectivity index (χ4n) is 2.58. The highest BCUT2D eigenvalue weighted by Gasteiger charge is 2.19. The molecule has 1 aliphatic rings. The first-order valence-electron chi connectivity index (χ1n) is 8.84. The molecule has 1 aliphatic heterocycles. The number of rotatable bonds is 8. The topological polar surface area (TPSA) is 90.9 Å². The molecular formula is C19H19Cl2NO6S. The first-order valence-corrected chi connectivity index (χ1v) is 11.1. The van der Waals surface area contributed by atoms with Gasteiger partial charge in [0, 0.05) is 34.6 Å². The van der Waals surface area contributed by atoms with Crippen LogP contribution in [0.3, 0.4) is 0 Å². The monoisotopic (exact) mass is 459 g/mol. The zero-order valence-corrected chi connectivity index (χ0v) is 17.6. The van der Waals surface area contributed by atoms with E-state index in [9.17, 15) is 13.2 Å². The maximum absolute atomic E-state index is 12.4. The number of esters is 1. The van der Waals surface area contributed by atoms with Gasteiger partial charge in [-0.15, -0.1) is 0 Å². The Morgan fingerprint density at radius 3 is 2.59 bits per heavy atom. The van der Waals surface area contributed by atoms with E-state index in [-0.39, 0.29) is 30.9 Å². The fraction of sp³-hybridized carbons (Fsp3) is 0.316. The summed E-state index contributed by atoms with van der Waals surface area (Å²) < 4.78 is 43.2. The summed E-state index contributed by atoms with van der Waals surface area (Å²) in [5.41, 5.74) is 0.642. The Kier molecular flexibility index (Phi) is 7.23. The summed E-state index contributed by atoms with van der Waals surface area (Å²) in [6.07, 6.45) is 0.353. The van der Waals surface area contributed by atoms with Crippen LogP contribution in [-0.4, -0.2) is 34.1 Å². The molecule has 0 atom stereocenters. The van der Waals surface area contributed by atoms with E-state index in [1.165, 1.54) is 12.1 Å². The lowest BCUT2D eigenvalue weighted by Gasteiger charge is -2.18. The predicted molar refractivity (Wildman–Crippen MR) is 108 cm³/mol. The number of ether oxygens (including phenoxy) is 3. The summed E-state index contributed by atoms with van der Waals surface area (Å²) in [6, 6.07) is 9.32. The van der Waals surface area contributed by atoms with Crippen molar-refractivity contribution in [2.75, 3.05) is 19.8 Å². The lowest BCUT2D eigenvalue weighted by molar-refractivity contribution is -0.145. The summed E-state index contributed by atoms with van der Waals surface area (Å²) >= 11 is 11.8. The van der Waals surface area contributed by atoms with Crippen LogP contribution in [0.1, 0.15) is 18.4 Å². The van der Waals surface area contributed by atoms with E-state index in [4.69, 9.17) is 37.4 Å². The van der Waals surface area contributed by atoms with E-state index >= 15 is 0 Å². The van der Waals surface area contributed by atoms with Gasteiger partial charge >= 0.3 is 5.97 Å². The standard InChI is InChI=1S/C19H19Cl2NO6S/c20-14-4-3-13(16(21)10-14)12-28-19(23)2-1-7-22-29(24,25)15-5-6-17-18(11-15)27-9-8-26-17/h3-6,10-11,22H,1-2,7-9,12H2. The minimum absolute atomic E-state index is 0.0256. The SMILES string of the molecule is O=C(CCCNS(=O)(=O)c1ccc2c(c1)OCCO2)OCc1ccc(Cl)cc1Cl. The first-order chi connectivity index (χ1) is 13.8. The van der Waals surface area contributed by atoms with Crippen molar-refractivity contribution in [2.24, 2.45) is 0 Å². The molecule has 0 amide bonds. The summed E-state index contributed by atoms with van der Waals surface area (Å²) in [7, 11) is -3.72. The Morgan fingerprint density at radius 1 is 1.07 bits per heavy atom. The van der Waals surface area contributed by atoms with Crippen LogP contribution in [0.5, 0.6) is 11.5 Å². The average Bonchev–Trinajstić information content (AvgIpc) is 2.70. The summed E-state index contributed by atoms with van der Waals surface area (Å²) in [5.74, 6) is 0.455. The van der Waals surface area contributed by atoms with E-state index in [1.807, 2.05) is 0 Å². The van der Waals surface area contributed by atoms with Crippen molar-refractivity contribution < 1.29 is 27.4 Å². The number of nitrogens with one attached hydrogen (secondary N) is 1. The van der Waals surface area contributed by atoms with Crippen molar-refractivity contribution in [3.05, 3.63) is 52.0 Å². The van der Waals surface area contributed by atoms with Crippen LogP contribution in [-0.2, 0) is 26.2 Å². The molecule has 0 saturated carbocycles. The molecule has 2 aromatic rings. The molecule has 2 aromatic carbocycles. The molecule has 0 bridgehead atoms. The third-order valence-electron chi connectivity index (χ3n) is 4.08. The lowest BCUT2D eigenvalue weighted by atomic mass is 10.2. The third kappa shape index (κ3) is 5.99. The maximum atomic E-state index is 12.4. The number of halogens is 2. The van der Waals surface area contributed by atoms with Crippen LogP contribution in [0.25, 0.3) is 0 Å². The summed E-state index contributed by atoms with van der Waals surface area (Å²) in [6.45, 7) is 0.913. The number of benzene rings is 2. The highest BCUT2D eigenvalue weighted by Crippen LogP contribution is 2.32. The molecule has 0 saturated heterocycles. The molecule has 0 aliphatic carbocycles. The van der Waals surface area contributed by atoms with Gasteiger partial charge in [0.15, 0.2) is 11.5 Å². The molecule has 1 N–H and O–H groups in total. The number of hydrogen-bond donors (Lipinski definition) is 1. The van der Waals surface area contributed by atoms with E-state index in [1.54, 1.807) is 24.3 Å². The minimum atomic E-state index is -3.72. The first kappa shape index (κ1) is 21.7. The van der Waals surface area contributed by atoms with Crippen LogP contribution in [0.4, 0.5) is 0 Å². The number of sulfonamides is 1. The maximum Gasteiger partial charge on any atom is 0.306 e. The Balaban J connectivity index is 1.44. The molecule has 7 nitrogen and oxygen atoms in total. The normalized spacial score (nSPS) is 13.2. The highest BCUT2D eigenvalue weighted by atomic mass is 35.5. The van der Waals surface area contributed by atoms with Crippen molar-refractivity contribution in [1.82, 2.24) is 4.72 Å². The molecule has 0 fully saturated rings. The summed E-state index contributed by atoms with van der Waals surface area (Å²) in [4.78, 5) is 11.9. The molecule has 0 spiro atoms. The number of carbonyl (C=O) groups is 1. The van der Waals surface area contributed by atoms with Crippen molar-refractivity contribution in [1.29, 1.82) is 0 Å². The van der Waals surface area contributed by atoms with E-state index in [0.717, 1.165) is 0 Å².